The van der Waals surface area contributed by atoms with Crippen molar-refractivity contribution in [3.05, 3.63) is 63.6 Å². The van der Waals surface area contributed by atoms with Crippen LogP contribution in [0.25, 0.3) is 11.4 Å². The van der Waals surface area contributed by atoms with E-state index < -0.39 is 0 Å². The second kappa shape index (κ2) is 6.73. The number of benzene rings is 2. The lowest BCUT2D eigenvalue weighted by Crippen LogP contribution is -2.11. The lowest BCUT2D eigenvalue weighted by atomic mass is 10.2. The van der Waals surface area contributed by atoms with Gasteiger partial charge in [-0.1, -0.05) is 63.6 Å². The zero-order valence-electron chi connectivity index (χ0n) is 11.4. The van der Waals surface area contributed by atoms with Crippen LogP contribution >= 0.6 is 39.3 Å². The Balaban J connectivity index is 1.81. The predicted molar refractivity (Wildman–Crippen MR) is 94.3 cm³/mol. The maximum Gasteiger partial charge on any atom is 0.210 e. The van der Waals surface area contributed by atoms with Gasteiger partial charge in [0.2, 0.25) is 5.16 Å². The van der Waals surface area contributed by atoms with Crippen molar-refractivity contribution in [3.63, 3.8) is 0 Å². The summed E-state index contributed by atoms with van der Waals surface area (Å²) in [4.78, 5) is 0. The lowest BCUT2D eigenvalue weighted by molar-refractivity contribution is 0.849. The monoisotopic (exact) mass is 394 g/mol. The number of thioether (sulfide) groups is 1. The molecule has 0 unspecified atom stereocenters. The van der Waals surface area contributed by atoms with Gasteiger partial charge in [-0.15, -0.1) is 10.2 Å². The quantitative estimate of drug-likeness (QED) is 0.526. The molecule has 0 aliphatic carbocycles. The first-order valence-corrected chi connectivity index (χ1v) is 8.63. The summed E-state index contributed by atoms with van der Waals surface area (Å²) >= 11 is 11.2. The largest absolute Gasteiger partial charge is 0.335 e. The van der Waals surface area contributed by atoms with Crippen LogP contribution in [0.4, 0.5) is 0 Å². The summed E-state index contributed by atoms with van der Waals surface area (Å²) in [6.45, 7) is 0. The Morgan fingerprint density at radius 3 is 2.73 bits per heavy atom. The van der Waals surface area contributed by atoms with Gasteiger partial charge in [-0.25, -0.2) is 4.68 Å². The minimum Gasteiger partial charge on any atom is -0.335 e. The van der Waals surface area contributed by atoms with Crippen LogP contribution in [0.15, 0.2) is 58.2 Å². The van der Waals surface area contributed by atoms with Crippen molar-refractivity contribution in [1.82, 2.24) is 14.9 Å². The van der Waals surface area contributed by atoms with Gasteiger partial charge in [0.1, 0.15) is 0 Å². The molecule has 112 valence electrons. The van der Waals surface area contributed by atoms with Crippen molar-refractivity contribution in [2.75, 3.05) is 5.84 Å². The number of halogens is 2. The average molecular weight is 396 g/mol. The number of hydrogen-bond donors (Lipinski definition) is 1. The Bertz CT molecular complexity index is 806. The Morgan fingerprint density at radius 1 is 1.14 bits per heavy atom. The first-order chi connectivity index (χ1) is 10.6. The van der Waals surface area contributed by atoms with E-state index in [1.165, 1.54) is 22.0 Å². The second-order valence-corrected chi connectivity index (χ2v) is 6.84. The van der Waals surface area contributed by atoms with Crippen LogP contribution in [0.2, 0.25) is 5.02 Å². The topological polar surface area (TPSA) is 56.7 Å². The van der Waals surface area contributed by atoms with Gasteiger partial charge in [-0.05, 0) is 29.8 Å². The smallest absolute Gasteiger partial charge is 0.210 e. The first kappa shape index (κ1) is 15.4. The van der Waals surface area contributed by atoms with Gasteiger partial charge >= 0.3 is 0 Å². The molecule has 1 aromatic heterocycles. The fraction of sp³-hybridized carbons (Fsp3) is 0.0667. The van der Waals surface area contributed by atoms with Crippen molar-refractivity contribution in [3.8, 4) is 11.4 Å². The van der Waals surface area contributed by atoms with E-state index in [0.717, 1.165) is 15.8 Å². The third-order valence-electron chi connectivity index (χ3n) is 3.04. The minimum atomic E-state index is 0.558. The molecule has 0 saturated carbocycles. The molecule has 2 aromatic carbocycles. The van der Waals surface area contributed by atoms with E-state index in [1.54, 1.807) is 6.07 Å². The Labute approximate surface area is 145 Å². The molecule has 7 heteroatoms. The van der Waals surface area contributed by atoms with Gasteiger partial charge in [-0.3, -0.25) is 0 Å². The van der Waals surface area contributed by atoms with E-state index in [9.17, 15) is 0 Å². The number of nitrogens with two attached hydrogens (primary N) is 1. The van der Waals surface area contributed by atoms with E-state index in [2.05, 4.69) is 38.3 Å². The number of rotatable bonds is 4. The molecule has 0 spiro atoms. The highest BCUT2D eigenvalue weighted by molar-refractivity contribution is 9.10. The molecule has 3 aromatic rings. The molecule has 0 aliphatic rings. The lowest BCUT2D eigenvalue weighted by Gasteiger charge is -2.05. The molecular formula is C15H12BrClN4S. The highest BCUT2D eigenvalue weighted by atomic mass is 79.9. The molecule has 4 nitrogen and oxygen atoms in total. The van der Waals surface area contributed by atoms with E-state index in [4.69, 9.17) is 17.4 Å². The van der Waals surface area contributed by atoms with E-state index in [0.29, 0.717) is 16.0 Å². The average Bonchev–Trinajstić information content (AvgIpc) is 2.87. The van der Waals surface area contributed by atoms with Crippen LogP contribution in [0.5, 0.6) is 0 Å². The fourth-order valence-corrected chi connectivity index (χ4v) is 3.44. The number of nitrogens with zero attached hydrogens (tertiary/aromatic N) is 3. The molecule has 0 aliphatic heterocycles. The number of hydrogen-bond acceptors (Lipinski definition) is 4. The highest BCUT2D eigenvalue weighted by Crippen LogP contribution is 2.28. The van der Waals surface area contributed by atoms with Crippen LogP contribution in [0, 0.1) is 0 Å². The Morgan fingerprint density at radius 2 is 1.95 bits per heavy atom. The van der Waals surface area contributed by atoms with Crippen molar-refractivity contribution in [2.45, 2.75) is 10.9 Å². The molecule has 0 saturated heterocycles. The normalized spacial score (nSPS) is 10.8. The van der Waals surface area contributed by atoms with Crippen LogP contribution in [0.1, 0.15) is 5.56 Å². The summed E-state index contributed by atoms with van der Waals surface area (Å²) in [5.41, 5.74) is 1.95. The molecule has 22 heavy (non-hydrogen) atoms. The van der Waals surface area contributed by atoms with Crippen LogP contribution < -0.4 is 5.84 Å². The third-order valence-corrected chi connectivity index (χ3v) is 4.87. The maximum atomic E-state index is 6.18. The second-order valence-electron chi connectivity index (χ2n) is 4.57. The molecule has 0 atom stereocenters. The Hall–Kier alpha value is -1.50. The molecule has 1 heterocycles. The SMILES string of the molecule is Nn1c(SCc2cccc(Br)c2)nnc1-c1ccccc1Cl. The van der Waals surface area contributed by atoms with Crippen molar-refractivity contribution < 1.29 is 0 Å². The highest BCUT2D eigenvalue weighted by Gasteiger charge is 2.14. The number of nitrogen functional groups attached to an aromatic ring is 1. The van der Waals surface area contributed by atoms with Gasteiger partial charge in [-0.2, -0.15) is 0 Å². The molecule has 0 radical (unpaired) electrons. The molecule has 0 amide bonds. The van der Waals surface area contributed by atoms with Gasteiger partial charge in [0.15, 0.2) is 5.82 Å². The van der Waals surface area contributed by atoms with Crippen molar-refractivity contribution in [1.29, 1.82) is 0 Å². The Kier molecular flexibility index (Phi) is 4.71. The van der Waals surface area contributed by atoms with Gasteiger partial charge in [0.05, 0.1) is 5.02 Å². The predicted octanol–water partition coefficient (Wildman–Crippen LogP) is 4.37. The minimum absolute atomic E-state index is 0.558. The first-order valence-electron chi connectivity index (χ1n) is 6.48. The third kappa shape index (κ3) is 3.29. The molecule has 2 N–H and O–H groups in total. The van der Waals surface area contributed by atoms with Crippen LogP contribution in [-0.2, 0) is 5.75 Å². The zero-order valence-corrected chi connectivity index (χ0v) is 14.6. The molecular weight excluding hydrogens is 384 g/mol. The standard InChI is InChI=1S/C15H12BrClN4S/c16-11-5-3-4-10(8-11)9-22-15-20-19-14(21(15)18)12-6-1-2-7-13(12)17/h1-8H,9,18H2. The van der Waals surface area contributed by atoms with Crippen LogP contribution in [-0.4, -0.2) is 14.9 Å². The number of aromatic nitrogens is 3. The van der Waals surface area contributed by atoms with Gasteiger partial charge in [0, 0.05) is 15.8 Å². The van der Waals surface area contributed by atoms with Crippen molar-refractivity contribution in [2.24, 2.45) is 0 Å². The molecule has 0 bridgehead atoms. The zero-order chi connectivity index (χ0) is 15.5. The maximum absolute atomic E-state index is 6.18. The van der Waals surface area contributed by atoms with E-state index in [-0.39, 0.29) is 0 Å². The summed E-state index contributed by atoms with van der Waals surface area (Å²) in [7, 11) is 0. The van der Waals surface area contributed by atoms with Gasteiger partial charge < -0.3 is 5.84 Å². The molecule has 3 rings (SSSR count). The summed E-state index contributed by atoms with van der Waals surface area (Å²) in [5, 5.41) is 9.55. The summed E-state index contributed by atoms with van der Waals surface area (Å²) < 4.78 is 2.53. The summed E-state index contributed by atoms with van der Waals surface area (Å²) in [6, 6.07) is 15.6. The van der Waals surface area contributed by atoms with Crippen molar-refractivity contribution >= 4 is 39.3 Å². The fourth-order valence-electron chi connectivity index (χ4n) is 1.98. The van der Waals surface area contributed by atoms with Gasteiger partial charge in [0.25, 0.3) is 0 Å². The summed E-state index contributed by atoms with van der Waals surface area (Å²) in [5.74, 6) is 7.42. The van der Waals surface area contributed by atoms with Crippen LogP contribution in [0.3, 0.4) is 0 Å². The van der Waals surface area contributed by atoms with E-state index >= 15 is 0 Å². The molecule has 0 fully saturated rings. The van der Waals surface area contributed by atoms with E-state index in [1.807, 2.05) is 30.3 Å². The summed E-state index contributed by atoms with van der Waals surface area (Å²) in [6.07, 6.45) is 0.